The summed E-state index contributed by atoms with van der Waals surface area (Å²) in [7, 11) is 0. The minimum Gasteiger partial charge on any atom is -0.465 e. The van der Waals surface area contributed by atoms with Gasteiger partial charge in [-0.2, -0.15) is 0 Å². The van der Waals surface area contributed by atoms with Crippen LogP contribution in [0, 0.1) is 5.41 Å². The van der Waals surface area contributed by atoms with Crippen molar-refractivity contribution in [3.8, 4) is 0 Å². The molecule has 0 bridgehead atoms. The summed E-state index contributed by atoms with van der Waals surface area (Å²) in [6.45, 7) is 7.13. The smallest absolute Gasteiger partial charge is 0.407 e. The van der Waals surface area contributed by atoms with E-state index in [-0.39, 0.29) is 11.0 Å². The molecule has 1 aliphatic heterocycles. The monoisotopic (exact) mass is 186 g/mol. The Kier molecular flexibility index (Phi) is 2.28. The normalized spacial score (nSPS) is 28.5. The van der Waals surface area contributed by atoms with Crippen LogP contribution >= 0.6 is 0 Å². The van der Waals surface area contributed by atoms with E-state index in [4.69, 9.17) is 10.8 Å². The Bertz CT molecular complexity index is 218. The van der Waals surface area contributed by atoms with Crippen LogP contribution in [-0.2, 0) is 0 Å². The van der Waals surface area contributed by atoms with Crippen LogP contribution in [0.25, 0.3) is 0 Å². The Morgan fingerprint density at radius 1 is 1.62 bits per heavy atom. The predicted octanol–water partition coefficient (Wildman–Crippen LogP) is 1.11. The highest BCUT2D eigenvalue weighted by Crippen LogP contribution is 2.44. The van der Waals surface area contributed by atoms with Crippen LogP contribution in [0.2, 0.25) is 0 Å². The van der Waals surface area contributed by atoms with E-state index in [0.717, 1.165) is 6.42 Å². The van der Waals surface area contributed by atoms with Crippen molar-refractivity contribution in [2.24, 2.45) is 11.1 Å². The molecule has 0 spiro atoms. The van der Waals surface area contributed by atoms with Gasteiger partial charge in [-0.25, -0.2) is 4.79 Å². The molecule has 0 aliphatic carbocycles. The molecule has 0 radical (unpaired) electrons. The zero-order chi connectivity index (χ0) is 10.3. The molecule has 0 aromatic carbocycles. The standard InChI is InChI=1S/C9H18N2O2/c1-8(2,3)9(6-10)4-5-11(9)7(12)13/h4-6,10H2,1-3H3,(H,12,13). The Morgan fingerprint density at radius 2 is 2.15 bits per heavy atom. The summed E-state index contributed by atoms with van der Waals surface area (Å²) >= 11 is 0. The van der Waals surface area contributed by atoms with Crippen LogP contribution in [-0.4, -0.2) is 34.7 Å². The van der Waals surface area contributed by atoms with Gasteiger partial charge in [0, 0.05) is 13.1 Å². The lowest BCUT2D eigenvalue weighted by Crippen LogP contribution is -2.71. The molecule has 1 amide bonds. The van der Waals surface area contributed by atoms with Crippen molar-refractivity contribution >= 4 is 6.09 Å². The summed E-state index contributed by atoms with van der Waals surface area (Å²) < 4.78 is 0. The van der Waals surface area contributed by atoms with Crippen LogP contribution < -0.4 is 5.73 Å². The topological polar surface area (TPSA) is 66.6 Å². The van der Waals surface area contributed by atoms with Gasteiger partial charge in [-0.3, -0.25) is 0 Å². The van der Waals surface area contributed by atoms with E-state index >= 15 is 0 Å². The molecule has 4 heteroatoms. The minimum absolute atomic E-state index is 0.0849. The van der Waals surface area contributed by atoms with Gasteiger partial charge in [0.1, 0.15) is 0 Å². The van der Waals surface area contributed by atoms with E-state index in [9.17, 15) is 4.79 Å². The van der Waals surface area contributed by atoms with E-state index in [2.05, 4.69) is 0 Å². The summed E-state index contributed by atoms with van der Waals surface area (Å²) in [6, 6.07) is 0. The fourth-order valence-corrected chi connectivity index (χ4v) is 2.07. The Balaban J connectivity index is 2.90. The highest BCUT2D eigenvalue weighted by molar-refractivity contribution is 5.68. The van der Waals surface area contributed by atoms with Crippen LogP contribution in [0.3, 0.4) is 0 Å². The van der Waals surface area contributed by atoms with Gasteiger partial charge in [0.05, 0.1) is 5.54 Å². The molecule has 13 heavy (non-hydrogen) atoms. The fraction of sp³-hybridized carbons (Fsp3) is 0.889. The number of amides is 1. The number of nitrogens with zero attached hydrogens (tertiary/aromatic N) is 1. The van der Waals surface area contributed by atoms with Gasteiger partial charge in [-0.1, -0.05) is 20.8 Å². The fourth-order valence-electron chi connectivity index (χ4n) is 2.07. The highest BCUT2D eigenvalue weighted by atomic mass is 16.4. The predicted molar refractivity (Wildman–Crippen MR) is 50.6 cm³/mol. The summed E-state index contributed by atoms with van der Waals surface area (Å²) in [5.74, 6) is 0. The molecular formula is C9H18N2O2. The molecule has 1 rings (SSSR count). The van der Waals surface area contributed by atoms with Crippen molar-refractivity contribution in [2.75, 3.05) is 13.1 Å². The van der Waals surface area contributed by atoms with E-state index < -0.39 is 6.09 Å². The van der Waals surface area contributed by atoms with Crippen molar-refractivity contribution in [3.63, 3.8) is 0 Å². The van der Waals surface area contributed by atoms with Crippen molar-refractivity contribution in [1.29, 1.82) is 0 Å². The van der Waals surface area contributed by atoms with Gasteiger partial charge >= 0.3 is 6.09 Å². The van der Waals surface area contributed by atoms with Crippen molar-refractivity contribution < 1.29 is 9.90 Å². The largest absolute Gasteiger partial charge is 0.465 e. The van der Waals surface area contributed by atoms with Gasteiger partial charge < -0.3 is 15.7 Å². The number of hydrogen-bond donors (Lipinski definition) is 2. The van der Waals surface area contributed by atoms with Crippen LogP contribution in [0.15, 0.2) is 0 Å². The minimum atomic E-state index is -0.855. The Labute approximate surface area is 78.7 Å². The molecule has 3 N–H and O–H groups in total. The third kappa shape index (κ3) is 1.29. The number of likely N-dealkylation sites (tertiary alicyclic amines) is 1. The summed E-state index contributed by atoms with van der Waals surface area (Å²) in [4.78, 5) is 12.3. The summed E-state index contributed by atoms with van der Waals surface area (Å²) in [6.07, 6.45) is 0.0193. The molecule has 1 saturated heterocycles. The zero-order valence-corrected chi connectivity index (χ0v) is 8.50. The first kappa shape index (κ1) is 10.3. The van der Waals surface area contributed by atoms with E-state index in [1.807, 2.05) is 20.8 Å². The van der Waals surface area contributed by atoms with Crippen LogP contribution in [0.1, 0.15) is 27.2 Å². The summed E-state index contributed by atoms with van der Waals surface area (Å²) in [5.41, 5.74) is 5.24. The Morgan fingerprint density at radius 3 is 2.23 bits per heavy atom. The maximum absolute atomic E-state index is 10.9. The molecule has 1 atom stereocenters. The molecule has 0 aromatic heterocycles. The molecule has 76 valence electrons. The average Bonchev–Trinajstić information content (AvgIpc) is 1.81. The average molecular weight is 186 g/mol. The number of carboxylic acid groups (broad SMARTS) is 1. The zero-order valence-electron chi connectivity index (χ0n) is 8.50. The van der Waals surface area contributed by atoms with E-state index in [0.29, 0.717) is 13.1 Å². The SMILES string of the molecule is CC(C)(C)C1(CN)CCN1C(=O)O. The number of nitrogens with two attached hydrogens (primary N) is 1. The quantitative estimate of drug-likeness (QED) is 0.644. The second-order valence-electron chi connectivity index (χ2n) is 4.67. The molecule has 4 nitrogen and oxygen atoms in total. The first-order chi connectivity index (χ1) is 5.85. The third-order valence-electron chi connectivity index (χ3n) is 3.23. The maximum atomic E-state index is 10.9. The molecule has 0 saturated carbocycles. The van der Waals surface area contributed by atoms with E-state index in [1.165, 1.54) is 4.90 Å². The third-order valence-corrected chi connectivity index (χ3v) is 3.23. The lowest BCUT2D eigenvalue weighted by Gasteiger charge is -2.58. The molecular weight excluding hydrogens is 168 g/mol. The molecule has 1 unspecified atom stereocenters. The summed E-state index contributed by atoms with van der Waals surface area (Å²) in [5, 5.41) is 8.93. The van der Waals surface area contributed by atoms with Crippen molar-refractivity contribution in [1.82, 2.24) is 4.90 Å². The maximum Gasteiger partial charge on any atom is 0.407 e. The number of hydrogen-bond acceptors (Lipinski definition) is 2. The van der Waals surface area contributed by atoms with Crippen molar-refractivity contribution in [2.45, 2.75) is 32.7 Å². The first-order valence-electron chi connectivity index (χ1n) is 4.56. The van der Waals surface area contributed by atoms with Crippen molar-refractivity contribution in [3.05, 3.63) is 0 Å². The van der Waals surface area contributed by atoms with Crippen LogP contribution in [0.4, 0.5) is 4.79 Å². The molecule has 0 aromatic rings. The Hall–Kier alpha value is -0.770. The molecule has 1 aliphatic rings. The number of carbonyl (C=O) groups is 1. The van der Waals surface area contributed by atoms with Gasteiger partial charge in [-0.15, -0.1) is 0 Å². The lowest BCUT2D eigenvalue weighted by molar-refractivity contribution is -0.0650. The first-order valence-corrected chi connectivity index (χ1v) is 4.56. The van der Waals surface area contributed by atoms with Gasteiger partial charge in [0.25, 0.3) is 0 Å². The van der Waals surface area contributed by atoms with Gasteiger partial charge in [0.15, 0.2) is 0 Å². The lowest BCUT2D eigenvalue weighted by atomic mass is 9.66. The second kappa shape index (κ2) is 2.87. The number of rotatable bonds is 1. The second-order valence-corrected chi connectivity index (χ2v) is 4.67. The van der Waals surface area contributed by atoms with Crippen LogP contribution in [0.5, 0.6) is 0 Å². The highest BCUT2D eigenvalue weighted by Gasteiger charge is 2.54. The van der Waals surface area contributed by atoms with Gasteiger partial charge in [-0.05, 0) is 11.8 Å². The molecule has 1 fully saturated rings. The molecule has 1 heterocycles. The van der Waals surface area contributed by atoms with E-state index in [1.54, 1.807) is 0 Å². The van der Waals surface area contributed by atoms with Gasteiger partial charge in [0.2, 0.25) is 0 Å².